The molecule has 10 heteroatoms. The number of nitrogens with zero attached hydrogens (tertiary/aromatic N) is 4. The average Bonchev–Trinajstić information content (AvgIpc) is 2.79. The molecule has 1 aliphatic rings. The standard InChI is InChI=1S/C22H29N5O5/c1-5-31-21(28)12-23-22(29)27-9-8-26(13-16(27)3)19-11-20(25-14-24-19)32-17-7-6-15(2)10-18(17)30-4/h6-7,10-11,14,16H,5,8-9,12-13H2,1-4H3,(H,23,29)/t16-/m1/s1. The van der Waals surface area contributed by atoms with E-state index in [0.29, 0.717) is 42.8 Å². The number of urea groups is 1. The van der Waals surface area contributed by atoms with Gasteiger partial charge in [-0.05, 0) is 38.5 Å². The van der Waals surface area contributed by atoms with Gasteiger partial charge < -0.3 is 29.3 Å². The van der Waals surface area contributed by atoms with Crippen LogP contribution in [-0.4, -0.2) is 72.8 Å². The number of benzene rings is 1. The van der Waals surface area contributed by atoms with Crippen molar-refractivity contribution in [1.29, 1.82) is 0 Å². The molecule has 1 aliphatic heterocycles. The monoisotopic (exact) mass is 443 g/mol. The van der Waals surface area contributed by atoms with Gasteiger partial charge in [-0.25, -0.2) is 14.8 Å². The topological polar surface area (TPSA) is 106 Å². The molecule has 1 fully saturated rings. The van der Waals surface area contributed by atoms with Gasteiger partial charge in [-0.15, -0.1) is 0 Å². The lowest BCUT2D eigenvalue weighted by molar-refractivity contribution is -0.141. The van der Waals surface area contributed by atoms with Gasteiger partial charge >= 0.3 is 12.0 Å². The predicted octanol–water partition coefficient (Wildman–Crippen LogP) is 2.37. The lowest BCUT2D eigenvalue weighted by Crippen LogP contribution is -2.57. The van der Waals surface area contributed by atoms with Crippen LogP contribution in [0.1, 0.15) is 19.4 Å². The average molecular weight is 444 g/mol. The lowest BCUT2D eigenvalue weighted by Gasteiger charge is -2.40. The van der Waals surface area contributed by atoms with E-state index in [0.717, 1.165) is 5.56 Å². The Labute approximate surface area is 187 Å². The first-order valence-electron chi connectivity index (χ1n) is 10.5. The number of rotatable bonds is 7. The van der Waals surface area contributed by atoms with E-state index >= 15 is 0 Å². The number of piperazine rings is 1. The highest BCUT2D eigenvalue weighted by atomic mass is 16.5. The van der Waals surface area contributed by atoms with Gasteiger partial charge in [-0.2, -0.15) is 0 Å². The van der Waals surface area contributed by atoms with Gasteiger partial charge in [0.1, 0.15) is 18.7 Å². The summed E-state index contributed by atoms with van der Waals surface area (Å²) in [6.07, 6.45) is 1.45. The minimum Gasteiger partial charge on any atom is -0.493 e. The number of aromatic nitrogens is 2. The summed E-state index contributed by atoms with van der Waals surface area (Å²) in [7, 11) is 1.59. The van der Waals surface area contributed by atoms with Crippen LogP contribution in [0.25, 0.3) is 0 Å². The van der Waals surface area contributed by atoms with E-state index in [1.165, 1.54) is 6.33 Å². The number of aryl methyl sites for hydroxylation is 1. The summed E-state index contributed by atoms with van der Waals surface area (Å²) < 4.78 is 16.2. The number of nitrogens with one attached hydrogen (secondary N) is 1. The largest absolute Gasteiger partial charge is 0.493 e. The Morgan fingerprint density at radius 3 is 2.72 bits per heavy atom. The van der Waals surface area contributed by atoms with Crippen LogP contribution in [0.15, 0.2) is 30.6 Å². The fourth-order valence-electron chi connectivity index (χ4n) is 3.46. The summed E-state index contributed by atoms with van der Waals surface area (Å²) in [5, 5.41) is 2.61. The fraction of sp³-hybridized carbons (Fsp3) is 0.455. The summed E-state index contributed by atoms with van der Waals surface area (Å²) in [6.45, 7) is 7.45. The Morgan fingerprint density at radius 1 is 1.19 bits per heavy atom. The molecule has 1 saturated heterocycles. The van der Waals surface area contributed by atoms with Crippen molar-refractivity contribution in [2.45, 2.75) is 26.8 Å². The second kappa shape index (κ2) is 10.7. The molecule has 1 N–H and O–H groups in total. The maximum absolute atomic E-state index is 12.4. The van der Waals surface area contributed by atoms with Crippen molar-refractivity contribution in [3.8, 4) is 17.4 Å². The van der Waals surface area contributed by atoms with Gasteiger partial charge in [0, 0.05) is 31.7 Å². The number of hydrogen-bond donors (Lipinski definition) is 1. The van der Waals surface area contributed by atoms with Crippen molar-refractivity contribution in [2.75, 3.05) is 44.8 Å². The zero-order chi connectivity index (χ0) is 23.1. The van der Waals surface area contributed by atoms with Crippen molar-refractivity contribution in [1.82, 2.24) is 20.2 Å². The van der Waals surface area contributed by atoms with Crippen LogP contribution in [0.3, 0.4) is 0 Å². The lowest BCUT2D eigenvalue weighted by atomic mass is 10.2. The van der Waals surface area contributed by atoms with Crippen molar-refractivity contribution in [3.05, 3.63) is 36.2 Å². The molecule has 0 bridgehead atoms. The van der Waals surface area contributed by atoms with E-state index in [2.05, 4.69) is 20.2 Å². The first-order chi connectivity index (χ1) is 15.4. The molecule has 0 radical (unpaired) electrons. The van der Waals surface area contributed by atoms with E-state index in [9.17, 15) is 9.59 Å². The Kier molecular flexibility index (Phi) is 7.69. The van der Waals surface area contributed by atoms with Gasteiger partial charge in [-0.3, -0.25) is 4.79 Å². The number of carbonyl (C=O) groups is 2. The molecule has 2 amide bonds. The zero-order valence-electron chi connectivity index (χ0n) is 18.8. The van der Waals surface area contributed by atoms with Crippen molar-refractivity contribution in [2.24, 2.45) is 0 Å². The third kappa shape index (κ3) is 5.77. The minimum absolute atomic E-state index is 0.0810. The number of carbonyl (C=O) groups excluding carboxylic acids is 2. The van der Waals surface area contributed by atoms with Gasteiger partial charge in [0.05, 0.1) is 13.7 Å². The van der Waals surface area contributed by atoms with E-state index in [-0.39, 0.29) is 25.2 Å². The molecule has 3 rings (SSSR count). The normalized spacial score (nSPS) is 15.8. The highest BCUT2D eigenvalue weighted by Crippen LogP contribution is 2.32. The van der Waals surface area contributed by atoms with Crippen LogP contribution in [0.5, 0.6) is 17.4 Å². The molecule has 32 heavy (non-hydrogen) atoms. The molecule has 0 unspecified atom stereocenters. The Morgan fingerprint density at radius 2 is 2.00 bits per heavy atom. The van der Waals surface area contributed by atoms with Gasteiger partial charge in [0.15, 0.2) is 11.5 Å². The minimum atomic E-state index is -0.453. The van der Waals surface area contributed by atoms with Crippen LogP contribution in [0.2, 0.25) is 0 Å². The maximum Gasteiger partial charge on any atom is 0.325 e. The van der Waals surface area contributed by atoms with Crippen molar-refractivity contribution < 1.29 is 23.8 Å². The number of hydrogen-bond acceptors (Lipinski definition) is 8. The SMILES string of the molecule is CCOC(=O)CNC(=O)N1CCN(c2cc(Oc3ccc(C)cc3OC)ncn2)C[C@H]1C. The summed E-state index contributed by atoms with van der Waals surface area (Å²) in [5.74, 6) is 1.85. The smallest absolute Gasteiger partial charge is 0.325 e. The highest BCUT2D eigenvalue weighted by molar-refractivity contribution is 5.81. The van der Waals surface area contributed by atoms with Gasteiger partial charge in [0.25, 0.3) is 0 Å². The Bertz CT molecular complexity index is 954. The quantitative estimate of drug-likeness (QED) is 0.650. The highest BCUT2D eigenvalue weighted by Gasteiger charge is 2.28. The van der Waals surface area contributed by atoms with Crippen LogP contribution in [0.4, 0.5) is 10.6 Å². The molecule has 0 aliphatic carbocycles. The molecule has 1 aromatic heterocycles. The summed E-state index contributed by atoms with van der Waals surface area (Å²) in [6, 6.07) is 7.07. The molecule has 1 atom stereocenters. The fourth-order valence-corrected chi connectivity index (χ4v) is 3.46. The number of methoxy groups -OCH3 is 1. The number of anilines is 1. The molecule has 172 valence electrons. The molecular weight excluding hydrogens is 414 g/mol. The Hall–Kier alpha value is -3.56. The van der Waals surface area contributed by atoms with E-state index < -0.39 is 5.97 Å². The van der Waals surface area contributed by atoms with Crippen LogP contribution in [-0.2, 0) is 9.53 Å². The maximum atomic E-state index is 12.4. The third-order valence-electron chi connectivity index (χ3n) is 5.06. The second-order valence-corrected chi connectivity index (χ2v) is 7.42. The summed E-state index contributed by atoms with van der Waals surface area (Å²) >= 11 is 0. The predicted molar refractivity (Wildman–Crippen MR) is 118 cm³/mol. The summed E-state index contributed by atoms with van der Waals surface area (Å²) in [5.41, 5.74) is 1.07. The van der Waals surface area contributed by atoms with Crippen molar-refractivity contribution in [3.63, 3.8) is 0 Å². The first-order valence-corrected chi connectivity index (χ1v) is 10.5. The molecule has 0 saturated carbocycles. The molecule has 2 aromatic rings. The molecule has 10 nitrogen and oxygen atoms in total. The summed E-state index contributed by atoms with van der Waals surface area (Å²) in [4.78, 5) is 36.3. The number of ether oxygens (including phenoxy) is 3. The Balaban J connectivity index is 1.62. The third-order valence-corrected chi connectivity index (χ3v) is 5.06. The van der Waals surface area contributed by atoms with E-state index in [4.69, 9.17) is 14.2 Å². The molecule has 0 spiro atoms. The molecule has 1 aromatic carbocycles. The van der Waals surface area contributed by atoms with Crippen LogP contribution in [0, 0.1) is 6.92 Å². The zero-order valence-corrected chi connectivity index (χ0v) is 18.8. The van der Waals surface area contributed by atoms with Gasteiger partial charge in [-0.1, -0.05) is 6.07 Å². The molecular formula is C22H29N5O5. The number of esters is 1. The van der Waals surface area contributed by atoms with E-state index in [1.807, 2.05) is 32.0 Å². The molecule has 2 heterocycles. The second-order valence-electron chi connectivity index (χ2n) is 7.42. The van der Waals surface area contributed by atoms with Crippen LogP contribution >= 0.6 is 0 Å². The number of amides is 2. The van der Waals surface area contributed by atoms with Crippen LogP contribution < -0.4 is 19.7 Å². The van der Waals surface area contributed by atoms with Crippen molar-refractivity contribution >= 4 is 17.8 Å². The van der Waals surface area contributed by atoms with Gasteiger partial charge in [0.2, 0.25) is 5.88 Å². The first kappa shape index (κ1) is 23.1. The van der Waals surface area contributed by atoms with E-state index in [1.54, 1.807) is 25.0 Å².